The molecule has 3 nitrogen and oxygen atoms in total. The maximum absolute atomic E-state index is 6.33. The molecule has 0 saturated heterocycles. The largest absolute Gasteiger partial charge is 0.493 e. The lowest BCUT2D eigenvalue weighted by atomic mass is 9.86. The Morgan fingerprint density at radius 1 is 1.03 bits per heavy atom. The van der Waals surface area contributed by atoms with Gasteiger partial charge in [-0.25, -0.2) is 0 Å². The molecule has 0 N–H and O–H groups in total. The molecular weight excluding hydrogens is 370 g/mol. The van der Waals surface area contributed by atoms with Crippen LogP contribution in [0, 0.1) is 0 Å². The van der Waals surface area contributed by atoms with Crippen LogP contribution in [0.5, 0.6) is 11.5 Å². The van der Waals surface area contributed by atoms with Crippen molar-refractivity contribution in [3.05, 3.63) is 84.1 Å². The van der Waals surface area contributed by atoms with E-state index in [4.69, 9.17) is 14.5 Å². The number of nitrogens with zero attached hydrogens (tertiary/aromatic N) is 1. The molecule has 0 radical (unpaired) electrons. The summed E-state index contributed by atoms with van der Waals surface area (Å²) in [6.45, 7) is 6.27. The van der Waals surface area contributed by atoms with Crippen LogP contribution in [0.1, 0.15) is 55.2 Å². The predicted octanol–water partition coefficient (Wildman–Crippen LogP) is 6.87. The normalized spacial score (nSPS) is 15.0. The molecule has 1 aliphatic carbocycles. The van der Waals surface area contributed by atoms with Crippen LogP contribution in [0.25, 0.3) is 17.3 Å². The fourth-order valence-electron chi connectivity index (χ4n) is 4.36. The van der Waals surface area contributed by atoms with Crippen molar-refractivity contribution in [2.45, 2.75) is 44.6 Å². The summed E-state index contributed by atoms with van der Waals surface area (Å²) < 4.78 is 11.9. The Hall–Kier alpha value is -3.07. The van der Waals surface area contributed by atoms with E-state index < -0.39 is 0 Å². The SMILES string of the molecule is C=Cc1ccnc(-c2ccc(OC)c(OC3CCCC3)c2)c1C(C)c1ccccc1. The summed E-state index contributed by atoms with van der Waals surface area (Å²) in [4.78, 5) is 4.79. The quantitative estimate of drug-likeness (QED) is 0.434. The topological polar surface area (TPSA) is 31.4 Å². The first-order chi connectivity index (χ1) is 14.7. The van der Waals surface area contributed by atoms with Gasteiger partial charge in [0.2, 0.25) is 0 Å². The second kappa shape index (κ2) is 9.17. The van der Waals surface area contributed by atoms with Gasteiger partial charge in [-0.15, -0.1) is 0 Å². The van der Waals surface area contributed by atoms with Gasteiger partial charge in [0, 0.05) is 17.7 Å². The summed E-state index contributed by atoms with van der Waals surface area (Å²) in [5, 5.41) is 0. The third-order valence-corrected chi connectivity index (χ3v) is 6.01. The van der Waals surface area contributed by atoms with E-state index >= 15 is 0 Å². The van der Waals surface area contributed by atoms with Crippen LogP contribution >= 0.6 is 0 Å². The maximum atomic E-state index is 6.33. The number of methoxy groups -OCH3 is 1. The Bertz CT molecular complexity index is 1010. The minimum atomic E-state index is 0.184. The van der Waals surface area contributed by atoms with E-state index in [1.165, 1.54) is 24.0 Å². The first kappa shape index (κ1) is 20.2. The van der Waals surface area contributed by atoms with Gasteiger partial charge in [0.1, 0.15) is 0 Å². The molecule has 0 amide bonds. The molecule has 0 bridgehead atoms. The van der Waals surface area contributed by atoms with Crippen LogP contribution in [0.15, 0.2) is 67.4 Å². The van der Waals surface area contributed by atoms with Crippen LogP contribution in [0.2, 0.25) is 0 Å². The van der Waals surface area contributed by atoms with Crippen LogP contribution < -0.4 is 9.47 Å². The maximum Gasteiger partial charge on any atom is 0.162 e. The molecule has 0 spiro atoms. The second-order valence-corrected chi connectivity index (χ2v) is 7.89. The van der Waals surface area contributed by atoms with Crippen molar-refractivity contribution in [3.63, 3.8) is 0 Å². The number of benzene rings is 2. The van der Waals surface area contributed by atoms with Crippen molar-refractivity contribution < 1.29 is 9.47 Å². The highest BCUT2D eigenvalue weighted by Gasteiger charge is 2.22. The molecule has 1 saturated carbocycles. The van der Waals surface area contributed by atoms with Gasteiger partial charge in [0.15, 0.2) is 11.5 Å². The Labute approximate surface area is 179 Å². The molecule has 4 rings (SSSR count). The number of pyridine rings is 1. The number of aromatic nitrogens is 1. The van der Waals surface area contributed by atoms with E-state index in [0.717, 1.165) is 41.2 Å². The van der Waals surface area contributed by atoms with Gasteiger partial charge in [0.25, 0.3) is 0 Å². The van der Waals surface area contributed by atoms with Crippen LogP contribution in [0.4, 0.5) is 0 Å². The monoisotopic (exact) mass is 399 g/mol. The molecule has 1 aliphatic rings. The molecule has 1 fully saturated rings. The van der Waals surface area contributed by atoms with E-state index in [1.807, 2.05) is 30.5 Å². The van der Waals surface area contributed by atoms with Gasteiger partial charge in [0.05, 0.1) is 18.9 Å². The summed E-state index contributed by atoms with van der Waals surface area (Å²) in [6.07, 6.45) is 8.71. The van der Waals surface area contributed by atoms with Gasteiger partial charge in [-0.1, -0.05) is 49.9 Å². The lowest BCUT2D eigenvalue weighted by molar-refractivity contribution is 0.201. The Morgan fingerprint density at radius 3 is 2.50 bits per heavy atom. The van der Waals surface area contributed by atoms with Crippen molar-refractivity contribution in [3.8, 4) is 22.8 Å². The number of hydrogen-bond donors (Lipinski definition) is 0. The number of hydrogen-bond acceptors (Lipinski definition) is 3. The molecule has 1 atom stereocenters. The molecule has 1 unspecified atom stereocenters. The zero-order valence-corrected chi connectivity index (χ0v) is 17.8. The Morgan fingerprint density at radius 2 is 1.80 bits per heavy atom. The highest BCUT2D eigenvalue weighted by Crippen LogP contribution is 2.39. The molecule has 1 aromatic heterocycles. The van der Waals surface area contributed by atoms with Crippen molar-refractivity contribution in [1.82, 2.24) is 4.98 Å². The molecule has 2 aromatic carbocycles. The first-order valence-electron chi connectivity index (χ1n) is 10.7. The fourth-order valence-corrected chi connectivity index (χ4v) is 4.36. The van der Waals surface area contributed by atoms with Gasteiger partial charge >= 0.3 is 0 Å². The van der Waals surface area contributed by atoms with E-state index in [0.29, 0.717) is 0 Å². The van der Waals surface area contributed by atoms with E-state index in [1.54, 1.807) is 7.11 Å². The second-order valence-electron chi connectivity index (χ2n) is 7.89. The molecule has 30 heavy (non-hydrogen) atoms. The Kier molecular flexibility index (Phi) is 6.18. The van der Waals surface area contributed by atoms with Gasteiger partial charge in [-0.2, -0.15) is 0 Å². The molecule has 3 aromatic rings. The highest BCUT2D eigenvalue weighted by atomic mass is 16.5. The van der Waals surface area contributed by atoms with Crippen LogP contribution in [-0.4, -0.2) is 18.2 Å². The number of ether oxygens (including phenoxy) is 2. The first-order valence-corrected chi connectivity index (χ1v) is 10.7. The third-order valence-electron chi connectivity index (χ3n) is 6.01. The smallest absolute Gasteiger partial charge is 0.162 e. The van der Waals surface area contributed by atoms with Gasteiger partial charge in [-0.05, 0) is 66.6 Å². The average molecular weight is 400 g/mol. The molecule has 1 heterocycles. The lowest BCUT2D eigenvalue weighted by Crippen LogP contribution is -2.11. The Balaban J connectivity index is 1.79. The molecule has 154 valence electrons. The fraction of sp³-hybridized carbons (Fsp3) is 0.296. The van der Waals surface area contributed by atoms with Gasteiger partial charge < -0.3 is 9.47 Å². The standard InChI is InChI=1S/C27H29NO2/c1-4-20-16-17-28-27(26(20)19(2)21-10-6-5-7-11-21)22-14-15-24(29-3)25(18-22)30-23-12-8-9-13-23/h4-7,10-11,14-19,23H,1,8-9,12-13H2,2-3H3. The van der Waals surface area contributed by atoms with Crippen LogP contribution in [0.3, 0.4) is 0 Å². The molecule has 0 aliphatic heterocycles. The average Bonchev–Trinajstić information content (AvgIpc) is 3.31. The van der Waals surface area contributed by atoms with E-state index in [2.05, 4.69) is 49.9 Å². The van der Waals surface area contributed by atoms with Gasteiger partial charge in [-0.3, -0.25) is 4.98 Å². The van der Waals surface area contributed by atoms with Crippen molar-refractivity contribution in [1.29, 1.82) is 0 Å². The predicted molar refractivity (Wildman–Crippen MR) is 123 cm³/mol. The molecule has 3 heteroatoms. The van der Waals surface area contributed by atoms with Crippen molar-refractivity contribution in [2.24, 2.45) is 0 Å². The summed E-state index contributed by atoms with van der Waals surface area (Å²) in [5.74, 6) is 1.75. The summed E-state index contributed by atoms with van der Waals surface area (Å²) >= 11 is 0. The summed E-state index contributed by atoms with van der Waals surface area (Å²) in [7, 11) is 1.69. The molecular formula is C27H29NO2. The number of rotatable bonds is 7. The minimum absolute atomic E-state index is 0.184. The lowest BCUT2D eigenvalue weighted by Gasteiger charge is -2.21. The van der Waals surface area contributed by atoms with E-state index in [-0.39, 0.29) is 12.0 Å². The third kappa shape index (κ3) is 4.11. The van der Waals surface area contributed by atoms with Crippen molar-refractivity contribution in [2.75, 3.05) is 7.11 Å². The van der Waals surface area contributed by atoms with E-state index in [9.17, 15) is 0 Å². The zero-order chi connectivity index (χ0) is 20.9. The minimum Gasteiger partial charge on any atom is -0.493 e. The van der Waals surface area contributed by atoms with Crippen molar-refractivity contribution >= 4 is 6.08 Å². The zero-order valence-electron chi connectivity index (χ0n) is 17.8. The van der Waals surface area contributed by atoms with Crippen LogP contribution in [-0.2, 0) is 0 Å². The summed E-state index contributed by atoms with van der Waals surface area (Å²) in [6, 6.07) is 18.7. The highest BCUT2D eigenvalue weighted by molar-refractivity contribution is 5.72. The summed E-state index contributed by atoms with van der Waals surface area (Å²) in [5.41, 5.74) is 5.53.